The average molecular weight is 333 g/mol. The molecule has 2 unspecified atom stereocenters. The third kappa shape index (κ3) is 2.87. The first-order valence-corrected chi connectivity index (χ1v) is 8.20. The molecule has 6 heteroatoms. The fraction of sp³-hybridized carbons (Fsp3) is 0.211. The molecule has 126 valence electrons. The first-order chi connectivity index (χ1) is 12.3. The van der Waals surface area contributed by atoms with E-state index < -0.39 is 0 Å². The zero-order chi connectivity index (χ0) is 17.2. The summed E-state index contributed by atoms with van der Waals surface area (Å²) < 4.78 is 5.37. The topological polar surface area (TPSA) is 89.2 Å². The van der Waals surface area contributed by atoms with Gasteiger partial charge in [-0.05, 0) is 30.0 Å². The molecule has 0 aliphatic heterocycles. The Hall–Kier alpha value is -3.15. The van der Waals surface area contributed by atoms with Crippen molar-refractivity contribution in [1.29, 1.82) is 0 Å². The molecule has 1 aliphatic carbocycles. The van der Waals surface area contributed by atoms with Gasteiger partial charge >= 0.3 is 0 Å². The number of ether oxygens (including phenoxy) is 1. The zero-order valence-corrected chi connectivity index (χ0v) is 13.9. The van der Waals surface area contributed by atoms with Crippen LogP contribution < -0.4 is 10.5 Å². The lowest BCUT2D eigenvalue weighted by atomic mass is 10.1. The summed E-state index contributed by atoms with van der Waals surface area (Å²) in [7, 11) is 1.60. The van der Waals surface area contributed by atoms with Gasteiger partial charge < -0.3 is 10.5 Å². The summed E-state index contributed by atoms with van der Waals surface area (Å²) in [5, 5.41) is 7.48. The molecule has 0 spiro atoms. The number of nitrogens with zero attached hydrogens (tertiary/aromatic N) is 3. The fourth-order valence-corrected chi connectivity index (χ4v) is 3.20. The van der Waals surface area contributed by atoms with Crippen LogP contribution in [-0.2, 0) is 0 Å². The van der Waals surface area contributed by atoms with Gasteiger partial charge in [0.2, 0.25) is 0 Å². The number of benzene rings is 2. The van der Waals surface area contributed by atoms with Crippen LogP contribution in [0, 0.1) is 0 Å². The lowest BCUT2D eigenvalue weighted by Gasteiger charge is -2.07. The summed E-state index contributed by atoms with van der Waals surface area (Å²) in [4.78, 5) is 8.92. The maximum absolute atomic E-state index is 5.48. The van der Waals surface area contributed by atoms with E-state index in [4.69, 9.17) is 15.5 Å². The molecule has 0 bridgehead atoms. The normalized spacial score (nSPS) is 19.2. The number of H-pyrrole nitrogens is 1. The highest BCUT2D eigenvalue weighted by Crippen LogP contribution is 2.53. The Balaban J connectivity index is 1.63. The number of aliphatic imine (C=N–C) groups is 1. The van der Waals surface area contributed by atoms with Gasteiger partial charge in [-0.25, -0.2) is 9.98 Å². The van der Waals surface area contributed by atoms with Crippen LogP contribution in [0.25, 0.3) is 11.4 Å². The van der Waals surface area contributed by atoms with E-state index in [1.807, 2.05) is 24.3 Å². The first kappa shape index (κ1) is 15.4. The lowest BCUT2D eigenvalue weighted by Crippen LogP contribution is -1.92. The van der Waals surface area contributed by atoms with E-state index in [2.05, 4.69) is 39.5 Å². The Bertz CT molecular complexity index is 903. The van der Waals surface area contributed by atoms with Gasteiger partial charge in [-0.3, -0.25) is 5.10 Å². The van der Waals surface area contributed by atoms with Gasteiger partial charge in [0.15, 0.2) is 5.82 Å². The van der Waals surface area contributed by atoms with Crippen LogP contribution in [0.4, 0.5) is 5.69 Å². The maximum Gasteiger partial charge on any atom is 0.183 e. The molecule has 2 aromatic carbocycles. The van der Waals surface area contributed by atoms with Crippen molar-refractivity contribution < 1.29 is 4.74 Å². The third-order valence-electron chi connectivity index (χ3n) is 4.54. The van der Waals surface area contributed by atoms with E-state index in [9.17, 15) is 0 Å². The van der Waals surface area contributed by atoms with Gasteiger partial charge in [-0.1, -0.05) is 36.4 Å². The molecule has 1 aliphatic rings. The SMILES string of the molecule is COc1cccc(-c2n[nH]c(C3CC3c3ccccc3)n2)c1N=CN. The number of nitrogens with two attached hydrogens (primary N) is 1. The van der Waals surface area contributed by atoms with Crippen molar-refractivity contribution in [2.45, 2.75) is 18.3 Å². The van der Waals surface area contributed by atoms with Gasteiger partial charge in [0.05, 0.1) is 19.0 Å². The fourth-order valence-electron chi connectivity index (χ4n) is 3.20. The molecule has 1 fully saturated rings. The molecule has 1 heterocycles. The van der Waals surface area contributed by atoms with E-state index >= 15 is 0 Å². The number of rotatable bonds is 5. The minimum absolute atomic E-state index is 0.385. The summed E-state index contributed by atoms with van der Waals surface area (Å²) in [6.07, 6.45) is 2.34. The number of aromatic amines is 1. The Morgan fingerprint density at radius 2 is 2.00 bits per heavy atom. The minimum atomic E-state index is 0.385. The number of hydrogen-bond acceptors (Lipinski definition) is 4. The second kappa shape index (κ2) is 6.39. The summed E-state index contributed by atoms with van der Waals surface area (Å²) in [6, 6.07) is 16.2. The Morgan fingerprint density at radius 3 is 2.76 bits per heavy atom. The van der Waals surface area contributed by atoms with Crippen molar-refractivity contribution in [3.8, 4) is 17.1 Å². The monoisotopic (exact) mass is 333 g/mol. The molecule has 4 rings (SSSR count). The predicted molar refractivity (Wildman–Crippen MR) is 97.3 cm³/mol. The second-order valence-corrected chi connectivity index (χ2v) is 6.04. The van der Waals surface area contributed by atoms with Crippen LogP contribution in [0.1, 0.15) is 29.6 Å². The number of hydrogen-bond donors (Lipinski definition) is 2. The molecular weight excluding hydrogens is 314 g/mol. The Morgan fingerprint density at radius 1 is 1.16 bits per heavy atom. The Labute approximate surface area is 145 Å². The molecule has 1 saturated carbocycles. The standard InChI is InChI=1S/C19H19N5O/c1-25-16-9-5-8-13(17(16)21-11-20)18-22-19(24-23-18)15-10-14(15)12-6-3-2-4-7-12/h2-9,11,14-15H,10H2,1H3,(H2,20,21)(H,22,23,24). The van der Waals surface area contributed by atoms with Crippen molar-refractivity contribution in [3.63, 3.8) is 0 Å². The molecule has 0 saturated heterocycles. The number of nitrogens with one attached hydrogen (secondary N) is 1. The number of methoxy groups -OCH3 is 1. The summed E-state index contributed by atoms with van der Waals surface area (Å²) >= 11 is 0. The minimum Gasteiger partial charge on any atom is -0.494 e. The molecule has 2 atom stereocenters. The van der Waals surface area contributed by atoms with Crippen LogP contribution in [0.3, 0.4) is 0 Å². The summed E-state index contributed by atoms with van der Waals surface area (Å²) in [5.41, 5.74) is 8.25. The molecular formula is C19H19N5O. The smallest absolute Gasteiger partial charge is 0.183 e. The van der Waals surface area contributed by atoms with Crippen molar-refractivity contribution in [1.82, 2.24) is 15.2 Å². The highest BCUT2D eigenvalue weighted by molar-refractivity contribution is 5.79. The maximum atomic E-state index is 5.48. The van der Waals surface area contributed by atoms with Crippen LogP contribution in [0.2, 0.25) is 0 Å². The average Bonchev–Trinajstić information content (AvgIpc) is 3.32. The lowest BCUT2D eigenvalue weighted by molar-refractivity contribution is 0.416. The highest BCUT2D eigenvalue weighted by Gasteiger charge is 2.42. The van der Waals surface area contributed by atoms with Crippen LogP contribution in [0.15, 0.2) is 53.5 Å². The Kier molecular flexibility index (Phi) is 3.93. The first-order valence-electron chi connectivity index (χ1n) is 8.20. The van der Waals surface area contributed by atoms with Gasteiger partial charge in [0.1, 0.15) is 17.3 Å². The van der Waals surface area contributed by atoms with Crippen molar-refractivity contribution in [3.05, 3.63) is 59.9 Å². The highest BCUT2D eigenvalue weighted by atomic mass is 16.5. The molecule has 0 radical (unpaired) electrons. The zero-order valence-electron chi connectivity index (χ0n) is 13.9. The summed E-state index contributed by atoms with van der Waals surface area (Å²) in [6.45, 7) is 0. The molecule has 25 heavy (non-hydrogen) atoms. The molecule has 1 aromatic heterocycles. The van der Waals surface area contributed by atoms with Gasteiger partial charge in [0.25, 0.3) is 0 Å². The van der Waals surface area contributed by atoms with E-state index in [0.717, 1.165) is 17.8 Å². The largest absolute Gasteiger partial charge is 0.494 e. The van der Waals surface area contributed by atoms with Crippen LogP contribution in [0.5, 0.6) is 5.75 Å². The van der Waals surface area contributed by atoms with Gasteiger partial charge in [-0.15, -0.1) is 0 Å². The second-order valence-electron chi connectivity index (χ2n) is 6.04. The van der Waals surface area contributed by atoms with Gasteiger partial charge in [-0.2, -0.15) is 5.10 Å². The third-order valence-corrected chi connectivity index (χ3v) is 4.54. The van der Waals surface area contributed by atoms with Crippen molar-refractivity contribution >= 4 is 12.0 Å². The molecule has 3 N–H and O–H groups in total. The summed E-state index contributed by atoms with van der Waals surface area (Å²) in [5.74, 6) is 3.05. The molecule has 6 nitrogen and oxygen atoms in total. The number of aromatic nitrogens is 3. The van der Waals surface area contributed by atoms with Crippen molar-refractivity contribution in [2.75, 3.05) is 7.11 Å². The van der Waals surface area contributed by atoms with Crippen LogP contribution in [-0.4, -0.2) is 28.6 Å². The van der Waals surface area contributed by atoms with E-state index in [1.165, 1.54) is 11.9 Å². The van der Waals surface area contributed by atoms with Gasteiger partial charge in [0, 0.05) is 5.92 Å². The van der Waals surface area contributed by atoms with E-state index in [0.29, 0.717) is 29.1 Å². The van der Waals surface area contributed by atoms with E-state index in [1.54, 1.807) is 7.11 Å². The molecule has 3 aromatic rings. The van der Waals surface area contributed by atoms with Crippen LogP contribution >= 0.6 is 0 Å². The number of para-hydroxylation sites is 1. The van der Waals surface area contributed by atoms with Crippen molar-refractivity contribution in [2.24, 2.45) is 10.7 Å². The van der Waals surface area contributed by atoms with E-state index in [-0.39, 0.29) is 0 Å². The predicted octanol–water partition coefficient (Wildman–Crippen LogP) is 3.37. The molecule has 0 amide bonds. The quantitative estimate of drug-likeness (QED) is 0.553.